The molecule has 0 aliphatic carbocycles. The average molecular weight is 349 g/mol. The van der Waals surface area contributed by atoms with E-state index < -0.39 is 17.6 Å². The first-order chi connectivity index (χ1) is 10.2. The lowest BCUT2D eigenvalue weighted by Crippen LogP contribution is -2.14. The molecule has 2 rings (SSSR count). The Labute approximate surface area is 133 Å². The molecule has 0 saturated carbocycles. The molecule has 0 atom stereocenters. The molecule has 22 heavy (non-hydrogen) atoms. The van der Waals surface area contributed by atoms with E-state index in [9.17, 15) is 18.0 Å². The zero-order valence-corrected chi connectivity index (χ0v) is 12.4. The number of nitrogens with two attached hydrogens (primary N) is 1. The summed E-state index contributed by atoms with van der Waals surface area (Å²) in [6.45, 7) is 0. The van der Waals surface area contributed by atoms with Crippen LogP contribution in [-0.4, -0.2) is 5.91 Å². The first kappa shape index (κ1) is 16.5. The highest BCUT2D eigenvalue weighted by molar-refractivity contribution is 6.36. The minimum Gasteiger partial charge on any atom is -0.399 e. The number of nitrogen functional groups attached to an aromatic ring is 1. The molecule has 3 N–H and O–H groups in total. The van der Waals surface area contributed by atoms with Crippen LogP contribution in [0.25, 0.3) is 0 Å². The molecule has 2 aromatic carbocycles. The lowest BCUT2D eigenvalue weighted by molar-refractivity contribution is -0.137. The van der Waals surface area contributed by atoms with Crippen molar-refractivity contribution in [2.24, 2.45) is 0 Å². The SMILES string of the molecule is Nc1ccc(Cl)c(C(=O)Nc2cc(C(F)(F)F)ccc2Cl)c1. The van der Waals surface area contributed by atoms with E-state index in [2.05, 4.69) is 5.32 Å². The van der Waals surface area contributed by atoms with Crippen LogP contribution >= 0.6 is 23.2 Å². The quantitative estimate of drug-likeness (QED) is 0.762. The van der Waals surface area contributed by atoms with Gasteiger partial charge in [0.1, 0.15) is 0 Å². The molecule has 3 nitrogen and oxygen atoms in total. The van der Waals surface area contributed by atoms with Crippen molar-refractivity contribution >= 4 is 40.5 Å². The van der Waals surface area contributed by atoms with Crippen molar-refractivity contribution in [1.82, 2.24) is 0 Å². The van der Waals surface area contributed by atoms with Crippen molar-refractivity contribution in [2.75, 3.05) is 11.1 Å². The second-order valence-electron chi connectivity index (χ2n) is 4.39. The van der Waals surface area contributed by atoms with E-state index in [0.29, 0.717) is 5.69 Å². The van der Waals surface area contributed by atoms with Gasteiger partial charge in [-0.3, -0.25) is 4.79 Å². The van der Waals surface area contributed by atoms with Crippen molar-refractivity contribution < 1.29 is 18.0 Å². The fourth-order valence-corrected chi connectivity index (χ4v) is 2.07. The third-order valence-corrected chi connectivity index (χ3v) is 3.44. The predicted octanol–water partition coefficient (Wildman–Crippen LogP) is 4.85. The van der Waals surface area contributed by atoms with Gasteiger partial charge in [0.15, 0.2) is 0 Å². The summed E-state index contributed by atoms with van der Waals surface area (Å²) < 4.78 is 38.1. The number of nitrogens with one attached hydrogen (secondary N) is 1. The molecule has 0 aliphatic rings. The van der Waals surface area contributed by atoms with Crippen molar-refractivity contribution in [2.45, 2.75) is 6.18 Å². The molecule has 1 amide bonds. The molecule has 8 heteroatoms. The summed E-state index contributed by atoms with van der Waals surface area (Å²) in [6, 6.07) is 6.86. The number of rotatable bonds is 2. The number of halogens is 5. The van der Waals surface area contributed by atoms with E-state index in [1.54, 1.807) is 0 Å². The Hall–Kier alpha value is -1.92. The van der Waals surface area contributed by atoms with Crippen LogP contribution in [0, 0.1) is 0 Å². The van der Waals surface area contributed by atoms with Gasteiger partial charge in [-0.25, -0.2) is 0 Å². The van der Waals surface area contributed by atoms with Crippen LogP contribution in [0.15, 0.2) is 36.4 Å². The van der Waals surface area contributed by atoms with Crippen LogP contribution in [0.1, 0.15) is 15.9 Å². The third kappa shape index (κ3) is 3.64. The maximum atomic E-state index is 12.7. The molecule has 0 bridgehead atoms. The highest BCUT2D eigenvalue weighted by atomic mass is 35.5. The summed E-state index contributed by atoms with van der Waals surface area (Å²) in [5.41, 5.74) is 4.80. The van der Waals surface area contributed by atoms with Crippen molar-refractivity contribution in [3.05, 3.63) is 57.6 Å². The van der Waals surface area contributed by atoms with Crippen molar-refractivity contribution in [3.8, 4) is 0 Å². The van der Waals surface area contributed by atoms with Crippen LogP contribution in [-0.2, 0) is 6.18 Å². The van der Waals surface area contributed by atoms with Crippen LogP contribution in [0.5, 0.6) is 0 Å². The molecule has 0 unspecified atom stereocenters. The molecular formula is C14H9Cl2F3N2O. The lowest BCUT2D eigenvalue weighted by atomic mass is 10.1. The molecule has 0 spiro atoms. The van der Waals surface area contributed by atoms with Crippen LogP contribution in [0.3, 0.4) is 0 Å². The normalized spacial score (nSPS) is 11.3. The molecule has 116 valence electrons. The fraction of sp³-hybridized carbons (Fsp3) is 0.0714. The summed E-state index contributed by atoms with van der Waals surface area (Å²) in [7, 11) is 0. The lowest BCUT2D eigenvalue weighted by Gasteiger charge is -2.12. The average Bonchev–Trinajstić information content (AvgIpc) is 2.42. The summed E-state index contributed by atoms with van der Waals surface area (Å²) in [5.74, 6) is -0.710. The number of amides is 1. The summed E-state index contributed by atoms with van der Waals surface area (Å²) in [5, 5.41) is 2.39. The van der Waals surface area contributed by atoms with Crippen LogP contribution in [0.4, 0.5) is 24.5 Å². The minimum atomic E-state index is -4.54. The second kappa shape index (κ2) is 6.06. The summed E-state index contributed by atoms with van der Waals surface area (Å²) in [4.78, 5) is 12.1. The zero-order valence-electron chi connectivity index (χ0n) is 10.8. The van der Waals surface area contributed by atoms with E-state index in [-0.39, 0.29) is 21.3 Å². The summed E-state index contributed by atoms with van der Waals surface area (Å²) >= 11 is 11.7. The smallest absolute Gasteiger partial charge is 0.399 e. The van der Waals surface area contributed by atoms with E-state index >= 15 is 0 Å². The molecule has 2 aromatic rings. The molecule has 0 fully saturated rings. The maximum Gasteiger partial charge on any atom is 0.416 e. The maximum absolute atomic E-state index is 12.7. The number of alkyl halides is 3. The second-order valence-corrected chi connectivity index (χ2v) is 5.20. The Morgan fingerprint density at radius 2 is 1.68 bits per heavy atom. The zero-order chi connectivity index (χ0) is 16.5. The standard InChI is InChI=1S/C14H9Cl2F3N2O/c15-10-4-2-8(20)6-9(10)13(22)21-12-5-7(14(17,18)19)1-3-11(12)16/h1-6H,20H2,(H,21,22). The van der Waals surface area contributed by atoms with E-state index in [4.69, 9.17) is 28.9 Å². The van der Waals surface area contributed by atoms with Gasteiger partial charge in [-0.15, -0.1) is 0 Å². The van der Waals surface area contributed by atoms with Gasteiger partial charge in [-0.05, 0) is 36.4 Å². The van der Waals surface area contributed by atoms with Gasteiger partial charge >= 0.3 is 6.18 Å². The number of anilines is 2. The van der Waals surface area contributed by atoms with Gasteiger partial charge in [0.05, 0.1) is 26.9 Å². The Morgan fingerprint density at radius 1 is 1.05 bits per heavy atom. The Kier molecular flexibility index (Phi) is 4.53. The van der Waals surface area contributed by atoms with Gasteiger partial charge in [0, 0.05) is 5.69 Å². The Balaban J connectivity index is 2.34. The van der Waals surface area contributed by atoms with Crippen LogP contribution in [0.2, 0.25) is 10.0 Å². The highest BCUT2D eigenvalue weighted by Crippen LogP contribution is 2.34. The number of benzene rings is 2. The van der Waals surface area contributed by atoms with Crippen LogP contribution < -0.4 is 11.1 Å². The molecule has 0 aliphatic heterocycles. The molecule has 0 heterocycles. The monoisotopic (exact) mass is 348 g/mol. The predicted molar refractivity (Wildman–Crippen MR) is 80.3 cm³/mol. The third-order valence-electron chi connectivity index (χ3n) is 2.78. The number of hydrogen-bond acceptors (Lipinski definition) is 2. The number of carbonyl (C=O) groups excluding carboxylic acids is 1. The van der Waals surface area contributed by atoms with Gasteiger partial charge in [-0.1, -0.05) is 23.2 Å². The van der Waals surface area contributed by atoms with Crippen molar-refractivity contribution in [3.63, 3.8) is 0 Å². The first-order valence-corrected chi connectivity index (χ1v) is 6.67. The number of hydrogen-bond donors (Lipinski definition) is 2. The molecular weight excluding hydrogens is 340 g/mol. The van der Waals surface area contributed by atoms with Gasteiger partial charge in [0.25, 0.3) is 5.91 Å². The van der Waals surface area contributed by atoms with E-state index in [0.717, 1.165) is 18.2 Å². The summed E-state index contributed by atoms with van der Waals surface area (Å²) in [6.07, 6.45) is -4.54. The van der Waals surface area contributed by atoms with Crippen molar-refractivity contribution in [1.29, 1.82) is 0 Å². The van der Waals surface area contributed by atoms with Gasteiger partial charge in [0.2, 0.25) is 0 Å². The minimum absolute atomic E-state index is 0.0265. The molecule has 0 radical (unpaired) electrons. The van der Waals surface area contributed by atoms with Gasteiger partial charge < -0.3 is 11.1 Å². The van der Waals surface area contributed by atoms with E-state index in [1.807, 2.05) is 0 Å². The van der Waals surface area contributed by atoms with Gasteiger partial charge in [-0.2, -0.15) is 13.2 Å². The highest BCUT2D eigenvalue weighted by Gasteiger charge is 2.31. The topological polar surface area (TPSA) is 55.1 Å². The largest absolute Gasteiger partial charge is 0.416 e. The Morgan fingerprint density at radius 3 is 2.32 bits per heavy atom. The molecule has 0 aromatic heterocycles. The number of carbonyl (C=O) groups is 1. The first-order valence-electron chi connectivity index (χ1n) is 5.91. The molecule has 0 saturated heterocycles. The van der Waals surface area contributed by atoms with E-state index in [1.165, 1.54) is 18.2 Å². The fourth-order valence-electron chi connectivity index (χ4n) is 1.70. The Bertz CT molecular complexity index is 733.